The normalized spacial score (nSPS) is 10.4. The summed E-state index contributed by atoms with van der Waals surface area (Å²) in [5, 5.41) is 19.8. The highest BCUT2D eigenvalue weighted by Crippen LogP contribution is 2.20. The molecule has 0 spiro atoms. The Morgan fingerprint density at radius 3 is 2.63 bits per heavy atom. The first-order valence-corrected chi connectivity index (χ1v) is 5.60. The molecule has 0 radical (unpaired) electrons. The first-order chi connectivity index (χ1) is 9.11. The van der Waals surface area contributed by atoms with Gasteiger partial charge in [-0.3, -0.25) is 14.9 Å². The van der Waals surface area contributed by atoms with E-state index < -0.39 is 4.92 Å². The minimum atomic E-state index is -0.462. The number of aromatic nitrogens is 2. The van der Waals surface area contributed by atoms with Gasteiger partial charge in [0.05, 0.1) is 10.6 Å². The van der Waals surface area contributed by atoms with Gasteiger partial charge in [0.2, 0.25) is 0 Å². The van der Waals surface area contributed by atoms with Crippen molar-refractivity contribution >= 4 is 5.69 Å². The summed E-state index contributed by atoms with van der Waals surface area (Å²) in [4.78, 5) is 21.6. The predicted octanol–water partition coefficient (Wildman–Crippen LogP) is 1.06. The summed E-state index contributed by atoms with van der Waals surface area (Å²) in [7, 11) is 1.74. The molecule has 0 aliphatic heterocycles. The third kappa shape index (κ3) is 2.83. The van der Waals surface area contributed by atoms with Crippen LogP contribution >= 0.6 is 0 Å². The molecular formula is C12H12N4O3. The Balaban J connectivity index is 2.38. The molecule has 98 valence electrons. The molecule has 1 heterocycles. The van der Waals surface area contributed by atoms with Crippen molar-refractivity contribution in [2.24, 2.45) is 0 Å². The Bertz CT molecular complexity index is 649. The van der Waals surface area contributed by atoms with Crippen molar-refractivity contribution in [3.8, 4) is 11.3 Å². The molecule has 19 heavy (non-hydrogen) atoms. The number of nitrogens with zero attached hydrogens (tertiary/aromatic N) is 2. The zero-order chi connectivity index (χ0) is 13.8. The second kappa shape index (κ2) is 5.40. The largest absolute Gasteiger partial charge is 0.315 e. The van der Waals surface area contributed by atoms with Gasteiger partial charge in [0.1, 0.15) is 0 Å². The summed E-state index contributed by atoms with van der Waals surface area (Å²) in [5.41, 5.74) is 1.61. The van der Waals surface area contributed by atoms with Crippen LogP contribution in [0.5, 0.6) is 0 Å². The number of hydrogen-bond acceptors (Lipinski definition) is 5. The smallest absolute Gasteiger partial charge is 0.269 e. The number of nitro groups is 1. The Kier molecular flexibility index (Phi) is 3.67. The van der Waals surface area contributed by atoms with Gasteiger partial charge in [-0.15, -0.1) is 0 Å². The lowest BCUT2D eigenvalue weighted by Crippen LogP contribution is -2.19. The summed E-state index contributed by atoms with van der Waals surface area (Å²) in [6.07, 6.45) is 0. The minimum Gasteiger partial charge on any atom is -0.315 e. The number of non-ortho nitro benzene ring substituents is 1. The average Bonchev–Trinajstić information content (AvgIpc) is 2.41. The van der Waals surface area contributed by atoms with E-state index in [0.717, 1.165) is 0 Å². The van der Waals surface area contributed by atoms with E-state index in [1.54, 1.807) is 25.2 Å². The highest BCUT2D eigenvalue weighted by molar-refractivity contribution is 5.60. The molecule has 2 N–H and O–H groups in total. The molecule has 0 atom stereocenters. The lowest BCUT2D eigenvalue weighted by Gasteiger charge is -2.03. The van der Waals surface area contributed by atoms with E-state index in [1.165, 1.54) is 12.1 Å². The molecule has 7 nitrogen and oxygen atoms in total. The molecule has 0 bridgehead atoms. The SMILES string of the molecule is CNCc1cc(-c2ccc([N+](=O)[O-])cc2)n[nH]c1=O. The second-order valence-corrected chi connectivity index (χ2v) is 3.94. The maximum absolute atomic E-state index is 11.5. The molecule has 0 fully saturated rings. The van der Waals surface area contributed by atoms with Crippen molar-refractivity contribution in [3.63, 3.8) is 0 Å². The number of rotatable bonds is 4. The Morgan fingerprint density at radius 2 is 2.05 bits per heavy atom. The van der Waals surface area contributed by atoms with E-state index in [-0.39, 0.29) is 11.2 Å². The summed E-state index contributed by atoms with van der Waals surface area (Å²) < 4.78 is 0. The van der Waals surface area contributed by atoms with Crippen molar-refractivity contribution in [3.05, 3.63) is 56.4 Å². The quantitative estimate of drug-likeness (QED) is 0.632. The van der Waals surface area contributed by atoms with Gasteiger partial charge in [-0.25, -0.2) is 5.10 Å². The van der Waals surface area contributed by atoms with Crippen LogP contribution in [0.25, 0.3) is 11.3 Å². The molecule has 7 heteroatoms. The molecule has 2 rings (SSSR count). The van der Waals surface area contributed by atoms with Gasteiger partial charge in [0.25, 0.3) is 11.2 Å². The lowest BCUT2D eigenvalue weighted by molar-refractivity contribution is -0.384. The monoisotopic (exact) mass is 260 g/mol. The van der Waals surface area contributed by atoms with E-state index in [4.69, 9.17) is 0 Å². The van der Waals surface area contributed by atoms with Crippen molar-refractivity contribution in [2.45, 2.75) is 6.54 Å². The molecule has 0 saturated carbocycles. The Labute approximate surface area is 108 Å². The summed E-state index contributed by atoms with van der Waals surface area (Å²) in [5.74, 6) is 0. The van der Waals surface area contributed by atoms with Crippen LogP contribution in [0, 0.1) is 10.1 Å². The fraction of sp³-hybridized carbons (Fsp3) is 0.167. The zero-order valence-corrected chi connectivity index (χ0v) is 10.2. The van der Waals surface area contributed by atoms with Crippen molar-refractivity contribution < 1.29 is 4.92 Å². The molecule has 0 amide bonds. The Hall–Kier alpha value is -2.54. The van der Waals surface area contributed by atoms with Crippen LogP contribution < -0.4 is 10.9 Å². The van der Waals surface area contributed by atoms with Gasteiger partial charge >= 0.3 is 0 Å². The fourth-order valence-corrected chi connectivity index (χ4v) is 1.67. The van der Waals surface area contributed by atoms with Crippen LogP contribution in [0.3, 0.4) is 0 Å². The van der Waals surface area contributed by atoms with E-state index >= 15 is 0 Å². The average molecular weight is 260 g/mol. The third-order valence-electron chi connectivity index (χ3n) is 2.62. The van der Waals surface area contributed by atoms with Crippen LogP contribution in [-0.4, -0.2) is 22.2 Å². The molecule has 0 unspecified atom stereocenters. The minimum absolute atomic E-state index is 0.0172. The topological polar surface area (TPSA) is 101 Å². The van der Waals surface area contributed by atoms with E-state index in [1.807, 2.05) is 0 Å². The number of nitrogens with one attached hydrogen (secondary N) is 2. The number of hydrogen-bond donors (Lipinski definition) is 2. The van der Waals surface area contributed by atoms with Crippen molar-refractivity contribution in [1.82, 2.24) is 15.5 Å². The molecule has 0 aliphatic rings. The van der Waals surface area contributed by atoms with Gasteiger partial charge in [-0.2, -0.15) is 5.10 Å². The first kappa shape index (κ1) is 12.9. The molecule has 2 aromatic rings. The molecule has 1 aromatic heterocycles. The van der Waals surface area contributed by atoms with Crippen molar-refractivity contribution in [2.75, 3.05) is 7.05 Å². The fourth-order valence-electron chi connectivity index (χ4n) is 1.67. The number of benzene rings is 1. The van der Waals surface area contributed by atoms with E-state index in [0.29, 0.717) is 23.4 Å². The third-order valence-corrected chi connectivity index (χ3v) is 2.62. The summed E-state index contributed by atoms with van der Waals surface area (Å²) >= 11 is 0. The number of H-pyrrole nitrogens is 1. The zero-order valence-electron chi connectivity index (χ0n) is 10.2. The maximum atomic E-state index is 11.5. The van der Waals surface area contributed by atoms with E-state index in [9.17, 15) is 14.9 Å². The van der Waals surface area contributed by atoms with Crippen LogP contribution in [0.4, 0.5) is 5.69 Å². The summed E-state index contributed by atoms with van der Waals surface area (Å²) in [6, 6.07) is 7.67. The van der Waals surface area contributed by atoms with E-state index in [2.05, 4.69) is 15.5 Å². The van der Waals surface area contributed by atoms with Crippen LogP contribution in [0.15, 0.2) is 35.1 Å². The molecular weight excluding hydrogens is 248 g/mol. The van der Waals surface area contributed by atoms with Crippen LogP contribution in [0.2, 0.25) is 0 Å². The van der Waals surface area contributed by atoms with Gasteiger partial charge < -0.3 is 5.32 Å². The molecule has 0 aliphatic carbocycles. The number of nitro benzene ring substituents is 1. The highest BCUT2D eigenvalue weighted by atomic mass is 16.6. The predicted molar refractivity (Wildman–Crippen MR) is 69.7 cm³/mol. The van der Waals surface area contributed by atoms with Gasteiger partial charge in [0, 0.05) is 29.8 Å². The van der Waals surface area contributed by atoms with Gasteiger partial charge in [0.15, 0.2) is 0 Å². The first-order valence-electron chi connectivity index (χ1n) is 5.60. The van der Waals surface area contributed by atoms with Gasteiger partial charge in [-0.1, -0.05) is 0 Å². The number of aromatic amines is 1. The van der Waals surface area contributed by atoms with Gasteiger partial charge in [-0.05, 0) is 25.2 Å². The molecule has 0 saturated heterocycles. The standard InChI is InChI=1S/C12H12N4O3/c1-13-7-9-6-11(14-15-12(9)17)8-2-4-10(5-3-8)16(18)19/h2-6,13H,7H2,1H3,(H,15,17). The van der Waals surface area contributed by atoms with Crippen LogP contribution in [-0.2, 0) is 6.54 Å². The molecule has 1 aromatic carbocycles. The van der Waals surface area contributed by atoms with Crippen molar-refractivity contribution in [1.29, 1.82) is 0 Å². The summed E-state index contributed by atoms with van der Waals surface area (Å²) in [6.45, 7) is 0.428. The van der Waals surface area contributed by atoms with Crippen LogP contribution in [0.1, 0.15) is 5.56 Å². The Morgan fingerprint density at radius 1 is 1.37 bits per heavy atom. The second-order valence-electron chi connectivity index (χ2n) is 3.94. The lowest BCUT2D eigenvalue weighted by atomic mass is 10.1. The maximum Gasteiger partial charge on any atom is 0.269 e. The highest BCUT2D eigenvalue weighted by Gasteiger charge is 2.08.